The Morgan fingerprint density at radius 2 is 2.04 bits per heavy atom. The van der Waals surface area contributed by atoms with Gasteiger partial charge in [0.2, 0.25) is 0 Å². The molecule has 142 valence electrons. The van der Waals surface area contributed by atoms with Crippen molar-refractivity contribution in [1.29, 1.82) is 0 Å². The Morgan fingerprint density at radius 1 is 1.35 bits per heavy atom. The maximum Gasteiger partial charge on any atom is 0.255 e. The molecule has 2 atom stereocenters. The van der Waals surface area contributed by atoms with Gasteiger partial charge in [-0.15, -0.1) is 12.4 Å². The van der Waals surface area contributed by atoms with Crippen LogP contribution in [0.25, 0.3) is 5.69 Å². The van der Waals surface area contributed by atoms with E-state index in [1.54, 1.807) is 23.0 Å². The molecule has 1 aromatic heterocycles. The van der Waals surface area contributed by atoms with Crippen LogP contribution in [0.1, 0.15) is 55.1 Å². The van der Waals surface area contributed by atoms with Crippen molar-refractivity contribution in [1.82, 2.24) is 15.1 Å². The largest absolute Gasteiger partial charge is 0.349 e. The summed E-state index contributed by atoms with van der Waals surface area (Å²) in [6.45, 7) is 4.63. The Balaban J connectivity index is 0.00000243. The van der Waals surface area contributed by atoms with E-state index in [4.69, 9.17) is 5.73 Å². The summed E-state index contributed by atoms with van der Waals surface area (Å²) in [5, 5.41) is 7.51. The first kappa shape index (κ1) is 20.4. The van der Waals surface area contributed by atoms with Crippen LogP contribution in [-0.4, -0.2) is 28.3 Å². The van der Waals surface area contributed by atoms with Crippen LogP contribution >= 0.6 is 12.4 Å². The summed E-state index contributed by atoms with van der Waals surface area (Å²) >= 11 is 0. The average Bonchev–Trinajstić information content (AvgIpc) is 3.21. The zero-order chi connectivity index (χ0) is 18.0. The molecule has 0 spiro atoms. The van der Waals surface area contributed by atoms with Crippen LogP contribution in [0.4, 0.5) is 4.39 Å². The molecule has 1 fully saturated rings. The average molecular weight is 381 g/mol. The molecule has 1 amide bonds. The van der Waals surface area contributed by atoms with Crippen molar-refractivity contribution < 1.29 is 9.18 Å². The minimum Gasteiger partial charge on any atom is -0.349 e. The van der Waals surface area contributed by atoms with Crippen LogP contribution in [0.15, 0.2) is 30.5 Å². The second kappa shape index (κ2) is 8.64. The summed E-state index contributed by atoms with van der Waals surface area (Å²) in [5.74, 6) is 0.0391. The predicted molar refractivity (Wildman–Crippen MR) is 103 cm³/mol. The maximum absolute atomic E-state index is 13.2. The fourth-order valence-electron chi connectivity index (χ4n) is 3.63. The van der Waals surface area contributed by atoms with Crippen LogP contribution < -0.4 is 11.1 Å². The van der Waals surface area contributed by atoms with Gasteiger partial charge in [-0.05, 0) is 55.5 Å². The van der Waals surface area contributed by atoms with Crippen molar-refractivity contribution >= 4 is 18.3 Å². The van der Waals surface area contributed by atoms with Gasteiger partial charge in [0.1, 0.15) is 5.82 Å². The Kier molecular flexibility index (Phi) is 6.78. The maximum atomic E-state index is 13.2. The van der Waals surface area contributed by atoms with E-state index in [2.05, 4.69) is 10.4 Å². The molecule has 5 nitrogen and oxygen atoms in total. The molecule has 0 aliphatic heterocycles. The van der Waals surface area contributed by atoms with E-state index in [9.17, 15) is 9.18 Å². The van der Waals surface area contributed by atoms with Crippen LogP contribution in [0.3, 0.4) is 0 Å². The summed E-state index contributed by atoms with van der Waals surface area (Å²) in [6.07, 6.45) is 4.73. The Morgan fingerprint density at radius 3 is 2.65 bits per heavy atom. The molecule has 2 aromatic rings. The van der Waals surface area contributed by atoms with E-state index in [1.165, 1.54) is 12.1 Å². The lowest BCUT2D eigenvalue weighted by molar-refractivity contribution is 0.0927. The lowest BCUT2D eigenvalue weighted by Gasteiger charge is -2.20. The van der Waals surface area contributed by atoms with E-state index in [0.717, 1.165) is 30.6 Å². The van der Waals surface area contributed by atoms with Gasteiger partial charge in [0.25, 0.3) is 5.91 Å². The van der Waals surface area contributed by atoms with Crippen molar-refractivity contribution in [3.05, 3.63) is 47.5 Å². The predicted octanol–water partition coefficient (Wildman–Crippen LogP) is 3.41. The quantitative estimate of drug-likeness (QED) is 0.834. The molecule has 1 aliphatic carbocycles. The number of rotatable bonds is 5. The van der Waals surface area contributed by atoms with E-state index >= 15 is 0 Å². The highest BCUT2D eigenvalue weighted by Gasteiger charge is 2.29. The number of nitrogens with zero attached hydrogens (tertiary/aromatic N) is 2. The molecule has 26 heavy (non-hydrogen) atoms. The second-order valence-electron chi connectivity index (χ2n) is 6.99. The third-order valence-corrected chi connectivity index (χ3v) is 4.95. The van der Waals surface area contributed by atoms with Gasteiger partial charge >= 0.3 is 0 Å². The first-order valence-electron chi connectivity index (χ1n) is 8.86. The van der Waals surface area contributed by atoms with Crippen molar-refractivity contribution in [2.75, 3.05) is 6.54 Å². The fraction of sp³-hybridized carbons (Fsp3) is 0.474. The van der Waals surface area contributed by atoms with Gasteiger partial charge in [-0.25, -0.2) is 9.07 Å². The van der Waals surface area contributed by atoms with Crippen LogP contribution in [0, 0.1) is 11.7 Å². The van der Waals surface area contributed by atoms with E-state index in [1.807, 2.05) is 13.8 Å². The van der Waals surface area contributed by atoms with Crippen molar-refractivity contribution in [3.8, 4) is 5.69 Å². The SMILES string of the molecule is CC(C)c1c(C(=O)NC2CCCC2CN)cnn1-c1ccc(F)cc1.Cl. The lowest BCUT2D eigenvalue weighted by Crippen LogP contribution is -2.40. The Bertz CT molecular complexity index is 744. The van der Waals surface area contributed by atoms with Crippen molar-refractivity contribution in [3.63, 3.8) is 0 Å². The topological polar surface area (TPSA) is 72.9 Å². The number of aromatic nitrogens is 2. The Hall–Kier alpha value is -1.92. The number of hydrogen-bond acceptors (Lipinski definition) is 3. The molecule has 0 saturated heterocycles. The molecule has 2 unspecified atom stereocenters. The Labute approximate surface area is 159 Å². The molecular weight excluding hydrogens is 355 g/mol. The molecule has 1 aromatic carbocycles. The van der Waals surface area contributed by atoms with Gasteiger partial charge in [0.05, 0.1) is 23.1 Å². The number of carbonyl (C=O) groups is 1. The van der Waals surface area contributed by atoms with Gasteiger partial charge in [-0.2, -0.15) is 5.10 Å². The minimum atomic E-state index is -0.297. The summed E-state index contributed by atoms with van der Waals surface area (Å²) in [6, 6.07) is 6.25. The molecule has 0 bridgehead atoms. The van der Waals surface area contributed by atoms with Gasteiger partial charge in [0, 0.05) is 6.04 Å². The van der Waals surface area contributed by atoms with E-state index < -0.39 is 0 Å². The molecule has 1 heterocycles. The molecular formula is C19H26ClFN4O. The van der Waals surface area contributed by atoms with Gasteiger partial charge in [-0.3, -0.25) is 4.79 Å². The summed E-state index contributed by atoms with van der Waals surface area (Å²) < 4.78 is 14.9. The smallest absolute Gasteiger partial charge is 0.255 e. The lowest BCUT2D eigenvalue weighted by atomic mass is 10.0. The van der Waals surface area contributed by atoms with Crippen LogP contribution in [0.5, 0.6) is 0 Å². The number of benzene rings is 1. The number of nitrogens with two attached hydrogens (primary N) is 1. The zero-order valence-electron chi connectivity index (χ0n) is 15.1. The van der Waals surface area contributed by atoms with Crippen molar-refractivity contribution in [2.24, 2.45) is 11.7 Å². The number of amides is 1. The molecule has 3 rings (SSSR count). The second-order valence-corrected chi connectivity index (χ2v) is 6.99. The highest BCUT2D eigenvalue weighted by atomic mass is 35.5. The number of halogens is 2. The van der Waals surface area contributed by atoms with Crippen molar-refractivity contribution in [2.45, 2.75) is 45.1 Å². The van der Waals surface area contributed by atoms with Crippen LogP contribution in [0.2, 0.25) is 0 Å². The molecule has 1 saturated carbocycles. The van der Waals surface area contributed by atoms with Gasteiger partial charge in [-0.1, -0.05) is 20.3 Å². The summed E-state index contributed by atoms with van der Waals surface area (Å²) in [5.41, 5.74) is 7.95. The minimum absolute atomic E-state index is 0. The summed E-state index contributed by atoms with van der Waals surface area (Å²) in [4.78, 5) is 12.8. The van der Waals surface area contributed by atoms with Gasteiger partial charge < -0.3 is 11.1 Å². The fourth-order valence-corrected chi connectivity index (χ4v) is 3.63. The van der Waals surface area contributed by atoms with E-state index in [-0.39, 0.29) is 36.1 Å². The van der Waals surface area contributed by atoms with E-state index in [0.29, 0.717) is 18.0 Å². The zero-order valence-corrected chi connectivity index (χ0v) is 15.9. The molecule has 3 N–H and O–H groups in total. The number of nitrogens with one attached hydrogen (secondary N) is 1. The molecule has 1 aliphatic rings. The normalized spacial score (nSPS) is 19.4. The first-order chi connectivity index (χ1) is 12.0. The highest BCUT2D eigenvalue weighted by Crippen LogP contribution is 2.27. The first-order valence-corrected chi connectivity index (χ1v) is 8.86. The summed E-state index contributed by atoms with van der Waals surface area (Å²) in [7, 11) is 0. The standard InChI is InChI=1S/C19H25FN4O.ClH/c1-12(2)18-16(19(25)23-17-5-3-4-13(17)10-21)11-22-24(18)15-8-6-14(20)7-9-15;/h6-9,11-13,17H,3-5,10,21H2,1-2H3,(H,23,25);1H. The highest BCUT2D eigenvalue weighted by molar-refractivity contribution is 5.95. The molecule has 0 radical (unpaired) electrons. The third kappa shape index (κ3) is 4.07. The number of hydrogen-bond donors (Lipinski definition) is 2. The van der Waals surface area contributed by atoms with Gasteiger partial charge in [0.15, 0.2) is 0 Å². The third-order valence-electron chi connectivity index (χ3n) is 4.95. The molecule has 7 heteroatoms. The van der Waals surface area contributed by atoms with Crippen LogP contribution in [-0.2, 0) is 0 Å². The monoisotopic (exact) mass is 380 g/mol. The number of carbonyl (C=O) groups excluding carboxylic acids is 1.